The monoisotopic (exact) mass is 391 g/mol. The first-order valence-electron chi connectivity index (χ1n) is 8.65. The van der Waals surface area contributed by atoms with Gasteiger partial charge < -0.3 is 15.0 Å². The largest absolute Gasteiger partial charge is 0.490 e. The molecule has 1 fully saturated rings. The standard InChI is InChI=1S/C17H21N5O2S2/c1-11-9-13-3-4-14(10-15(13)24-11)26-22-7-5-21(6-8-22)17-20-19-16(25-17)18-12(2)23/h3-4,10-11H,5-9H2,1-2H3,(H,18,19,23)/t11-/m1/s1. The summed E-state index contributed by atoms with van der Waals surface area (Å²) in [6.45, 7) is 7.24. The molecule has 138 valence electrons. The Kier molecular flexibility index (Phi) is 5.01. The normalized spacial score (nSPS) is 19.9. The van der Waals surface area contributed by atoms with Crippen molar-refractivity contribution in [2.75, 3.05) is 36.4 Å². The molecule has 1 aromatic carbocycles. The highest BCUT2D eigenvalue weighted by molar-refractivity contribution is 7.97. The highest BCUT2D eigenvalue weighted by atomic mass is 32.2. The lowest BCUT2D eigenvalue weighted by Gasteiger charge is -2.33. The first kappa shape index (κ1) is 17.6. The number of anilines is 2. The van der Waals surface area contributed by atoms with Gasteiger partial charge in [0, 0.05) is 44.4 Å². The summed E-state index contributed by atoms with van der Waals surface area (Å²) in [7, 11) is 0. The molecule has 0 aliphatic carbocycles. The fraction of sp³-hybridized carbons (Fsp3) is 0.471. The second-order valence-electron chi connectivity index (χ2n) is 6.48. The van der Waals surface area contributed by atoms with Gasteiger partial charge >= 0.3 is 0 Å². The minimum atomic E-state index is -0.123. The van der Waals surface area contributed by atoms with Crippen molar-refractivity contribution >= 4 is 39.5 Å². The summed E-state index contributed by atoms with van der Waals surface area (Å²) in [6, 6.07) is 6.52. The Balaban J connectivity index is 1.32. The topological polar surface area (TPSA) is 70.6 Å². The number of benzene rings is 1. The number of fused-ring (bicyclic) bond motifs is 1. The number of nitrogens with one attached hydrogen (secondary N) is 1. The molecule has 0 radical (unpaired) electrons. The van der Waals surface area contributed by atoms with E-state index in [9.17, 15) is 4.79 Å². The van der Waals surface area contributed by atoms with E-state index in [-0.39, 0.29) is 12.0 Å². The van der Waals surface area contributed by atoms with Gasteiger partial charge in [0.1, 0.15) is 11.9 Å². The summed E-state index contributed by atoms with van der Waals surface area (Å²) in [6.07, 6.45) is 1.28. The Morgan fingerprint density at radius 2 is 2.12 bits per heavy atom. The van der Waals surface area contributed by atoms with Gasteiger partial charge in [0.05, 0.1) is 0 Å². The second kappa shape index (κ2) is 7.42. The Labute approximate surface area is 160 Å². The maximum absolute atomic E-state index is 11.1. The zero-order valence-corrected chi connectivity index (χ0v) is 16.4. The lowest BCUT2D eigenvalue weighted by molar-refractivity contribution is -0.114. The predicted molar refractivity (Wildman–Crippen MR) is 104 cm³/mol. The van der Waals surface area contributed by atoms with Crippen LogP contribution in [0.15, 0.2) is 23.1 Å². The predicted octanol–water partition coefficient (Wildman–Crippen LogP) is 2.65. The van der Waals surface area contributed by atoms with Crippen LogP contribution in [0.4, 0.5) is 10.3 Å². The van der Waals surface area contributed by atoms with Gasteiger partial charge in [-0.25, -0.2) is 4.31 Å². The van der Waals surface area contributed by atoms with Crippen LogP contribution >= 0.6 is 23.3 Å². The molecular formula is C17H21N5O2S2. The molecule has 26 heavy (non-hydrogen) atoms. The van der Waals surface area contributed by atoms with Crippen molar-refractivity contribution in [3.63, 3.8) is 0 Å². The molecule has 0 saturated carbocycles. The van der Waals surface area contributed by atoms with Gasteiger partial charge in [-0.15, -0.1) is 10.2 Å². The minimum absolute atomic E-state index is 0.123. The Morgan fingerprint density at radius 3 is 2.88 bits per heavy atom. The molecule has 1 atom stereocenters. The highest BCUT2D eigenvalue weighted by Crippen LogP contribution is 2.35. The molecule has 1 saturated heterocycles. The van der Waals surface area contributed by atoms with Crippen LogP contribution < -0.4 is 15.0 Å². The van der Waals surface area contributed by atoms with Crippen molar-refractivity contribution in [3.8, 4) is 5.75 Å². The summed E-state index contributed by atoms with van der Waals surface area (Å²) in [4.78, 5) is 14.5. The summed E-state index contributed by atoms with van der Waals surface area (Å²) in [5, 5.41) is 12.3. The molecule has 0 spiro atoms. The van der Waals surface area contributed by atoms with E-state index in [4.69, 9.17) is 4.74 Å². The Bertz CT molecular complexity index is 804. The first-order chi connectivity index (χ1) is 12.6. The molecule has 2 aromatic rings. The number of rotatable bonds is 4. The molecule has 9 heteroatoms. The molecule has 2 aliphatic rings. The van der Waals surface area contributed by atoms with Gasteiger partial charge in [0.2, 0.25) is 16.2 Å². The molecule has 4 rings (SSSR count). The number of piperazine rings is 1. The van der Waals surface area contributed by atoms with E-state index in [1.54, 1.807) is 11.9 Å². The number of ether oxygens (including phenoxy) is 1. The SMILES string of the molecule is CC(=O)Nc1nnc(N2CCN(Sc3ccc4c(c3)O[C@H](C)C4)CC2)s1. The molecule has 7 nitrogen and oxygen atoms in total. The van der Waals surface area contributed by atoms with E-state index in [1.165, 1.54) is 28.7 Å². The maximum atomic E-state index is 11.1. The Morgan fingerprint density at radius 1 is 1.31 bits per heavy atom. The third-order valence-electron chi connectivity index (χ3n) is 4.32. The van der Waals surface area contributed by atoms with Gasteiger partial charge in [0.15, 0.2) is 0 Å². The van der Waals surface area contributed by atoms with Crippen LogP contribution in [0.5, 0.6) is 5.75 Å². The number of carbonyl (C=O) groups excluding carboxylic acids is 1. The quantitative estimate of drug-likeness (QED) is 0.804. The average Bonchev–Trinajstić information content (AvgIpc) is 3.20. The van der Waals surface area contributed by atoms with Crippen LogP contribution in [0.2, 0.25) is 0 Å². The molecule has 1 amide bonds. The first-order valence-corrected chi connectivity index (χ1v) is 10.2. The third-order valence-corrected chi connectivity index (χ3v) is 6.30. The van der Waals surface area contributed by atoms with E-state index in [0.29, 0.717) is 5.13 Å². The van der Waals surface area contributed by atoms with E-state index in [1.807, 2.05) is 0 Å². The summed E-state index contributed by atoms with van der Waals surface area (Å²) in [5.74, 6) is 0.905. The number of hydrogen-bond acceptors (Lipinski definition) is 8. The highest BCUT2D eigenvalue weighted by Gasteiger charge is 2.23. The fourth-order valence-electron chi connectivity index (χ4n) is 3.10. The molecule has 1 aromatic heterocycles. The second-order valence-corrected chi connectivity index (χ2v) is 8.61. The average molecular weight is 392 g/mol. The van der Waals surface area contributed by atoms with E-state index in [2.05, 4.69) is 49.8 Å². The van der Waals surface area contributed by atoms with Crippen molar-refractivity contribution in [2.45, 2.75) is 31.3 Å². The smallest absolute Gasteiger partial charge is 0.223 e. The number of amides is 1. The van der Waals surface area contributed by atoms with E-state index in [0.717, 1.165) is 43.5 Å². The molecule has 0 bridgehead atoms. The fourth-order valence-corrected chi connectivity index (χ4v) is 4.88. The molecule has 1 N–H and O–H groups in total. The van der Waals surface area contributed by atoms with Crippen LogP contribution in [-0.2, 0) is 11.2 Å². The lowest BCUT2D eigenvalue weighted by atomic mass is 10.1. The number of nitrogens with zero attached hydrogens (tertiary/aromatic N) is 4. The van der Waals surface area contributed by atoms with Crippen molar-refractivity contribution in [2.24, 2.45) is 0 Å². The zero-order chi connectivity index (χ0) is 18.1. The van der Waals surface area contributed by atoms with Gasteiger partial charge in [-0.3, -0.25) is 4.79 Å². The zero-order valence-electron chi connectivity index (χ0n) is 14.8. The van der Waals surface area contributed by atoms with E-state index >= 15 is 0 Å². The number of hydrogen-bond donors (Lipinski definition) is 1. The minimum Gasteiger partial charge on any atom is -0.490 e. The van der Waals surface area contributed by atoms with Crippen molar-refractivity contribution < 1.29 is 9.53 Å². The van der Waals surface area contributed by atoms with Crippen LogP contribution in [0.3, 0.4) is 0 Å². The van der Waals surface area contributed by atoms with Crippen LogP contribution in [-0.4, -0.2) is 52.7 Å². The Hall–Kier alpha value is -1.84. The van der Waals surface area contributed by atoms with Crippen molar-refractivity contribution in [1.82, 2.24) is 14.5 Å². The van der Waals surface area contributed by atoms with Crippen LogP contribution in [0.25, 0.3) is 0 Å². The van der Waals surface area contributed by atoms with Gasteiger partial charge in [-0.2, -0.15) is 0 Å². The maximum Gasteiger partial charge on any atom is 0.223 e. The van der Waals surface area contributed by atoms with Crippen LogP contribution in [0.1, 0.15) is 19.4 Å². The lowest BCUT2D eigenvalue weighted by Crippen LogP contribution is -2.43. The molecule has 3 heterocycles. The van der Waals surface area contributed by atoms with Gasteiger partial charge in [-0.05, 0) is 36.6 Å². The third kappa shape index (κ3) is 3.94. The molecule has 0 unspecified atom stereocenters. The molecule has 2 aliphatic heterocycles. The van der Waals surface area contributed by atoms with Crippen LogP contribution in [0, 0.1) is 0 Å². The number of aromatic nitrogens is 2. The van der Waals surface area contributed by atoms with Crippen molar-refractivity contribution in [1.29, 1.82) is 0 Å². The van der Waals surface area contributed by atoms with Crippen molar-refractivity contribution in [3.05, 3.63) is 23.8 Å². The van der Waals surface area contributed by atoms with Gasteiger partial charge in [-0.1, -0.05) is 17.4 Å². The van der Waals surface area contributed by atoms with Gasteiger partial charge in [0.25, 0.3) is 0 Å². The molecular weight excluding hydrogens is 370 g/mol. The summed E-state index contributed by atoms with van der Waals surface area (Å²) >= 11 is 3.20. The van der Waals surface area contributed by atoms with E-state index < -0.39 is 0 Å². The summed E-state index contributed by atoms with van der Waals surface area (Å²) < 4.78 is 8.22. The number of carbonyl (C=O) groups is 1. The summed E-state index contributed by atoms with van der Waals surface area (Å²) in [5.41, 5.74) is 1.30.